The lowest BCUT2D eigenvalue weighted by atomic mass is 9.80. The van der Waals surface area contributed by atoms with E-state index in [1.807, 2.05) is 0 Å². The second-order valence-electron chi connectivity index (χ2n) is 10.1. The molecule has 0 aromatic carbocycles. The van der Waals surface area contributed by atoms with Crippen molar-refractivity contribution in [1.29, 1.82) is 0 Å². The molecule has 5 nitrogen and oxygen atoms in total. The average molecular weight is 396 g/mol. The smallest absolute Gasteiger partial charge is 0.191 e. The summed E-state index contributed by atoms with van der Waals surface area (Å²) < 4.78 is 23.5. The Kier molecular flexibility index (Phi) is 5.73. The van der Waals surface area contributed by atoms with Gasteiger partial charge in [-0.05, 0) is 74.5 Å². The van der Waals surface area contributed by atoms with Crippen LogP contribution >= 0.6 is 0 Å². The number of aliphatic imine (C=N–C) groups is 1. The van der Waals surface area contributed by atoms with Gasteiger partial charge in [0.1, 0.15) is 0 Å². The van der Waals surface area contributed by atoms with Crippen molar-refractivity contribution >= 4 is 15.8 Å². The van der Waals surface area contributed by atoms with E-state index in [0.717, 1.165) is 36.1 Å². The highest BCUT2D eigenvalue weighted by molar-refractivity contribution is 7.91. The lowest BCUT2D eigenvalue weighted by Gasteiger charge is -2.34. The Morgan fingerprint density at radius 3 is 2.33 bits per heavy atom. The lowest BCUT2D eigenvalue weighted by Crippen LogP contribution is -2.50. The summed E-state index contributed by atoms with van der Waals surface area (Å²) in [6.45, 7) is 5.34. The van der Waals surface area contributed by atoms with Crippen LogP contribution in [-0.4, -0.2) is 44.5 Å². The normalized spacial score (nSPS) is 43.8. The van der Waals surface area contributed by atoms with Gasteiger partial charge in [0.15, 0.2) is 15.8 Å². The predicted octanol–water partition coefficient (Wildman–Crippen LogP) is 2.97. The van der Waals surface area contributed by atoms with E-state index in [1.54, 1.807) is 0 Å². The van der Waals surface area contributed by atoms with Crippen molar-refractivity contribution in [3.05, 3.63) is 0 Å². The highest BCUT2D eigenvalue weighted by Crippen LogP contribution is 2.44. The Labute approximate surface area is 165 Å². The summed E-state index contributed by atoms with van der Waals surface area (Å²) in [7, 11) is -2.82. The van der Waals surface area contributed by atoms with Crippen LogP contribution in [0, 0.1) is 29.6 Å². The van der Waals surface area contributed by atoms with Crippen molar-refractivity contribution in [3.63, 3.8) is 0 Å². The van der Waals surface area contributed by atoms with Gasteiger partial charge in [0, 0.05) is 18.6 Å². The lowest BCUT2D eigenvalue weighted by molar-refractivity contribution is 0.253. The number of sulfone groups is 1. The van der Waals surface area contributed by atoms with E-state index in [9.17, 15) is 8.42 Å². The van der Waals surface area contributed by atoms with Crippen molar-refractivity contribution in [3.8, 4) is 0 Å². The molecule has 0 aromatic heterocycles. The molecule has 6 unspecified atom stereocenters. The topological polar surface area (TPSA) is 70.6 Å². The van der Waals surface area contributed by atoms with Gasteiger partial charge in [0.05, 0.1) is 11.5 Å². The van der Waals surface area contributed by atoms with Gasteiger partial charge >= 0.3 is 0 Å². The highest BCUT2D eigenvalue weighted by atomic mass is 32.2. The van der Waals surface area contributed by atoms with Crippen LogP contribution in [0.5, 0.6) is 0 Å². The Balaban J connectivity index is 1.40. The maximum Gasteiger partial charge on any atom is 0.191 e. The van der Waals surface area contributed by atoms with E-state index in [-0.39, 0.29) is 5.92 Å². The van der Waals surface area contributed by atoms with E-state index in [0.29, 0.717) is 30.1 Å². The molecule has 6 atom stereocenters. The van der Waals surface area contributed by atoms with Gasteiger partial charge in [0.25, 0.3) is 0 Å². The van der Waals surface area contributed by atoms with E-state index in [2.05, 4.69) is 24.5 Å². The number of fused-ring (bicyclic) bond motifs is 2. The fourth-order valence-electron chi connectivity index (χ4n) is 6.22. The second kappa shape index (κ2) is 7.92. The molecule has 4 fully saturated rings. The zero-order chi connectivity index (χ0) is 19.0. The molecule has 6 heteroatoms. The molecule has 27 heavy (non-hydrogen) atoms. The number of nitrogens with one attached hydrogen (secondary N) is 2. The molecule has 1 saturated heterocycles. The Morgan fingerprint density at radius 1 is 0.963 bits per heavy atom. The third-order valence-electron chi connectivity index (χ3n) is 7.41. The van der Waals surface area contributed by atoms with Crippen LogP contribution in [0.3, 0.4) is 0 Å². The molecule has 0 radical (unpaired) electrons. The van der Waals surface area contributed by atoms with Crippen LogP contribution in [0.25, 0.3) is 0 Å². The van der Waals surface area contributed by atoms with E-state index in [4.69, 9.17) is 4.99 Å². The minimum atomic E-state index is -2.82. The SMILES string of the molecule is CC1CC(C)CC(NC(=NCC2CCS(=O)(=O)C2)NC2CC3CCC2C3)C1. The summed E-state index contributed by atoms with van der Waals surface area (Å²) in [6.07, 6.45) is 9.92. The van der Waals surface area contributed by atoms with E-state index >= 15 is 0 Å². The van der Waals surface area contributed by atoms with Gasteiger partial charge in [-0.1, -0.05) is 20.3 Å². The molecule has 1 heterocycles. The molecular weight excluding hydrogens is 358 g/mol. The Hall–Kier alpha value is -0.780. The molecule has 2 bridgehead atoms. The van der Waals surface area contributed by atoms with Crippen LogP contribution < -0.4 is 10.6 Å². The summed E-state index contributed by atoms with van der Waals surface area (Å²) in [5.74, 6) is 5.02. The monoisotopic (exact) mass is 395 g/mol. The molecule has 0 amide bonds. The molecular formula is C21H37N3O2S. The number of rotatable bonds is 4. The van der Waals surface area contributed by atoms with Crippen molar-refractivity contribution < 1.29 is 8.42 Å². The molecule has 154 valence electrons. The predicted molar refractivity (Wildman–Crippen MR) is 111 cm³/mol. The standard InChI is InChI=1S/C21H37N3O2S/c1-14-7-15(2)9-19(8-14)23-21(22-12-17-5-6-27(25,26)13-17)24-20-11-16-3-4-18(20)10-16/h14-20H,3-13H2,1-2H3,(H2,22,23,24). The number of hydrogen-bond acceptors (Lipinski definition) is 3. The molecule has 2 N–H and O–H groups in total. The largest absolute Gasteiger partial charge is 0.354 e. The molecule has 0 aromatic rings. The van der Waals surface area contributed by atoms with Crippen LogP contribution in [0.15, 0.2) is 4.99 Å². The fourth-order valence-corrected chi connectivity index (χ4v) is 8.07. The number of hydrogen-bond donors (Lipinski definition) is 2. The van der Waals surface area contributed by atoms with E-state index in [1.165, 1.54) is 44.9 Å². The second-order valence-corrected chi connectivity index (χ2v) is 12.4. The molecule has 1 aliphatic heterocycles. The third-order valence-corrected chi connectivity index (χ3v) is 9.25. The minimum absolute atomic E-state index is 0.192. The van der Waals surface area contributed by atoms with Crippen molar-refractivity contribution in [2.75, 3.05) is 18.1 Å². The fraction of sp³-hybridized carbons (Fsp3) is 0.952. The maximum absolute atomic E-state index is 11.8. The summed E-state index contributed by atoms with van der Waals surface area (Å²) in [6, 6.07) is 1.04. The van der Waals surface area contributed by atoms with Crippen LogP contribution in [0.2, 0.25) is 0 Å². The van der Waals surface area contributed by atoms with Gasteiger partial charge in [-0.15, -0.1) is 0 Å². The van der Waals surface area contributed by atoms with Gasteiger partial charge in [-0.3, -0.25) is 4.99 Å². The molecule has 3 aliphatic carbocycles. The summed E-state index contributed by atoms with van der Waals surface area (Å²) >= 11 is 0. The number of nitrogens with zero attached hydrogens (tertiary/aromatic N) is 1. The zero-order valence-electron chi connectivity index (χ0n) is 17.0. The van der Waals surface area contributed by atoms with Gasteiger partial charge in [0.2, 0.25) is 0 Å². The Morgan fingerprint density at radius 2 is 1.74 bits per heavy atom. The maximum atomic E-state index is 11.8. The molecule has 4 rings (SSSR count). The first-order valence-corrected chi connectivity index (χ1v) is 13.0. The molecule has 0 spiro atoms. The first kappa shape index (κ1) is 19.5. The van der Waals surface area contributed by atoms with Crippen molar-refractivity contribution in [1.82, 2.24) is 10.6 Å². The summed E-state index contributed by atoms with van der Waals surface area (Å²) in [5.41, 5.74) is 0. The molecule has 3 saturated carbocycles. The minimum Gasteiger partial charge on any atom is -0.354 e. The van der Waals surface area contributed by atoms with Crippen molar-refractivity contribution in [2.24, 2.45) is 34.6 Å². The third kappa shape index (κ3) is 4.99. The number of guanidine groups is 1. The Bertz CT molecular complexity index is 652. The van der Waals surface area contributed by atoms with Crippen LogP contribution in [0.4, 0.5) is 0 Å². The summed E-state index contributed by atoms with van der Waals surface area (Å²) in [4.78, 5) is 4.89. The van der Waals surface area contributed by atoms with Gasteiger partial charge < -0.3 is 10.6 Å². The quantitative estimate of drug-likeness (QED) is 0.567. The summed E-state index contributed by atoms with van der Waals surface area (Å²) in [5, 5.41) is 7.50. The van der Waals surface area contributed by atoms with E-state index < -0.39 is 9.84 Å². The first-order valence-electron chi connectivity index (χ1n) is 11.1. The van der Waals surface area contributed by atoms with Crippen LogP contribution in [-0.2, 0) is 9.84 Å². The van der Waals surface area contributed by atoms with Gasteiger partial charge in [-0.25, -0.2) is 8.42 Å². The first-order chi connectivity index (χ1) is 12.9. The molecule has 4 aliphatic rings. The van der Waals surface area contributed by atoms with Crippen molar-refractivity contribution in [2.45, 2.75) is 77.3 Å². The highest BCUT2D eigenvalue weighted by Gasteiger charge is 2.40. The average Bonchev–Trinajstić information content (AvgIpc) is 3.27. The van der Waals surface area contributed by atoms with Gasteiger partial charge in [-0.2, -0.15) is 0 Å². The zero-order valence-corrected chi connectivity index (χ0v) is 17.8. The van der Waals surface area contributed by atoms with Crippen LogP contribution in [0.1, 0.15) is 65.2 Å².